The van der Waals surface area contributed by atoms with Gasteiger partial charge in [-0.1, -0.05) is 24.6 Å². The lowest BCUT2D eigenvalue weighted by Gasteiger charge is -2.17. The molecule has 22 heavy (non-hydrogen) atoms. The second-order valence-electron chi connectivity index (χ2n) is 5.04. The average molecular weight is 334 g/mol. The van der Waals surface area contributed by atoms with E-state index in [4.69, 9.17) is 19.1 Å². The maximum Gasteiger partial charge on any atom is 0.294 e. The normalized spacial score (nSPS) is 12.7. The molecule has 0 saturated heterocycles. The molecule has 0 amide bonds. The smallest absolute Gasteiger partial charge is 0.294 e. The zero-order valence-electron chi connectivity index (χ0n) is 13.5. The first-order valence-corrected chi connectivity index (χ1v) is 8.39. The summed E-state index contributed by atoms with van der Waals surface area (Å²) in [4.78, 5) is -0.0666. The molecule has 0 unspecified atom stereocenters. The molecule has 0 saturated carbocycles. The van der Waals surface area contributed by atoms with Crippen molar-refractivity contribution in [1.29, 1.82) is 0 Å². The van der Waals surface area contributed by atoms with Crippen LogP contribution in [0.2, 0.25) is 0 Å². The van der Waals surface area contributed by atoms with Crippen LogP contribution in [0.5, 0.6) is 0 Å². The van der Waals surface area contributed by atoms with Crippen molar-refractivity contribution < 1.29 is 27.6 Å². The predicted octanol–water partition coefficient (Wildman–Crippen LogP) is 2.26. The molecule has 1 atom stereocenters. The molecular weight excluding hydrogens is 308 g/mol. The fourth-order valence-corrected chi connectivity index (χ4v) is 2.15. The fourth-order valence-electron chi connectivity index (χ4n) is 1.67. The molecule has 7 heteroatoms. The Kier molecular flexibility index (Phi) is 10.2. The fraction of sp³-hybridized carbons (Fsp3) is 0.600. The summed E-state index contributed by atoms with van der Waals surface area (Å²) in [6.45, 7) is 4.15. The molecule has 0 radical (unpaired) electrons. The van der Waals surface area contributed by atoms with Crippen LogP contribution in [0, 0.1) is 12.8 Å². The van der Waals surface area contributed by atoms with Crippen molar-refractivity contribution in [2.45, 2.75) is 37.9 Å². The highest BCUT2D eigenvalue weighted by atomic mass is 32.2. The number of hydrogen-bond acceptors (Lipinski definition) is 5. The highest BCUT2D eigenvalue weighted by Crippen LogP contribution is 2.12. The van der Waals surface area contributed by atoms with E-state index >= 15 is 0 Å². The molecule has 0 aliphatic rings. The van der Waals surface area contributed by atoms with Crippen LogP contribution in [0.3, 0.4) is 0 Å². The predicted molar refractivity (Wildman–Crippen MR) is 84.3 cm³/mol. The van der Waals surface area contributed by atoms with Crippen molar-refractivity contribution in [3.63, 3.8) is 0 Å². The SMILES string of the molecule is COC(C[C@@H](C)CCO)OC.Cc1ccc(S(=O)(=O)O)cc1. The van der Waals surface area contributed by atoms with Gasteiger partial charge in [-0.15, -0.1) is 0 Å². The van der Waals surface area contributed by atoms with Gasteiger partial charge in [0.1, 0.15) is 0 Å². The molecule has 1 rings (SSSR count). The lowest BCUT2D eigenvalue weighted by atomic mass is 10.0. The lowest BCUT2D eigenvalue weighted by molar-refractivity contribution is -0.113. The second kappa shape index (κ2) is 10.7. The molecule has 0 heterocycles. The summed E-state index contributed by atoms with van der Waals surface area (Å²) in [6.07, 6.45) is 1.52. The van der Waals surface area contributed by atoms with E-state index in [9.17, 15) is 8.42 Å². The number of hydrogen-bond donors (Lipinski definition) is 2. The standard InChI is InChI=1S/C8H18O3.C7H8O3S/c1-7(4-5-9)6-8(10-2)11-3;1-6-2-4-7(5-3-6)11(8,9)10/h7-9H,4-6H2,1-3H3;2-5H,1H3,(H,8,9,10)/t7-;/m0./s1. The number of aliphatic hydroxyl groups excluding tert-OH is 1. The molecule has 0 aliphatic carbocycles. The molecule has 0 aromatic heterocycles. The van der Waals surface area contributed by atoms with Gasteiger partial charge in [0, 0.05) is 27.2 Å². The minimum absolute atomic E-state index is 0.0666. The van der Waals surface area contributed by atoms with Gasteiger partial charge >= 0.3 is 0 Å². The highest BCUT2D eigenvalue weighted by Gasteiger charge is 2.10. The van der Waals surface area contributed by atoms with Gasteiger partial charge in [-0.3, -0.25) is 4.55 Å². The first kappa shape index (κ1) is 21.0. The van der Waals surface area contributed by atoms with Crippen LogP contribution in [0.1, 0.15) is 25.3 Å². The van der Waals surface area contributed by atoms with E-state index in [1.807, 2.05) is 6.92 Å². The number of aliphatic hydroxyl groups is 1. The molecule has 0 aliphatic heterocycles. The Morgan fingerprint density at radius 1 is 1.14 bits per heavy atom. The summed E-state index contributed by atoms with van der Waals surface area (Å²) in [7, 11) is -0.770. The van der Waals surface area contributed by atoms with Crippen LogP contribution in [0.25, 0.3) is 0 Å². The molecular formula is C15H26O6S. The largest absolute Gasteiger partial charge is 0.396 e. The zero-order chi connectivity index (χ0) is 17.2. The molecule has 0 spiro atoms. The van der Waals surface area contributed by atoms with Crippen molar-refractivity contribution >= 4 is 10.1 Å². The summed E-state index contributed by atoms with van der Waals surface area (Å²) >= 11 is 0. The molecule has 6 nitrogen and oxygen atoms in total. The number of benzene rings is 1. The van der Waals surface area contributed by atoms with Crippen LogP contribution in [-0.4, -0.2) is 45.2 Å². The molecule has 1 aromatic rings. The third kappa shape index (κ3) is 9.11. The maximum absolute atomic E-state index is 10.5. The zero-order valence-corrected chi connectivity index (χ0v) is 14.3. The van der Waals surface area contributed by atoms with E-state index in [1.54, 1.807) is 26.4 Å². The van der Waals surface area contributed by atoms with Crippen LogP contribution in [-0.2, 0) is 19.6 Å². The molecule has 128 valence electrons. The van der Waals surface area contributed by atoms with Gasteiger partial charge in [0.15, 0.2) is 6.29 Å². The Labute approximate surface area is 132 Å². The van der Waals surface area contributed by atoms with Gasteiger partial charge in [0.05, 0.1) is 4.90 Å². The number of aryl methyl sites for hydroxylation is 1. The Morgan fingerprint density at radius 3 is 2.00 bits per heavy atom. The first-order chi connectivity index (χ1) is 10.2. The van der Waals surface area contributed by atoms with Crippen LogP contribution in [0.15, 0.2) is 29.2 Å². The van der Waals surface area contributed by atoms with Gasteiger partial charge in [-0.25, -0.2) is 0 Å². The van der Waals surface area contributed by atoms with Gasteiger partial charge in [-0.2, -0.15) is 8.42 Å². The molecule has 0 bridgehead atoms. The third-order valence-electron chi connectivity index (χ3n) is 3.06. The van der Waals surface area contributed by atoms with Crippen LogP contribution in [0.4, 0.5) is 0 Å². The lowest BCUT2D eigenvalue weighted by Crippen LogP contribution is -2.17. The van der Waals surface area contributed by atoms with Gasteiger partial charge in [-0.05, 0) is 31.4 Å². The summed E-state index contributed by atoms with van der Waals surface area (Å²) in [6, 6.07) is 5.99. The molecule has 2 N–H and O–H groups in total. The quantitative estimate of drug-likeness (QED) is 0.587. The Balaban J connectivity index is 0.000000401. The Morgan fingerprint density at radius 2 is 1.64 bits per heavy atom. The Hall–Kier alpha value is -0.990. The van der Waals surface area contributed by atoms with Crippen molar-refractivity contribution in [1.82, 2.24) is 0 Å². The highest BCUT2D eigenvalue weighted by molar-refractivity contribution is 7.85. The molecule has 0 fully saturated rings. The molecule has 1 aromatic carbocycles. The summed E-state index contributed by atoms with van der Waals surface area (Å²) in [5.74, 6) is 0.449. The van der Waals surface area contributed by atoms with Crippen molar-refractivity contribution in [3.05, 3.63) is 29.8 Å². The minimum atomic E-state index is -4.02. The summed E-state index contributed by atoms with van der Waals surface area (Å²) in [5.41, 5.74) is 0.956. The second-order valence-corrected chi connectivity index (χ2v) is 6.46. The van der Waals surface area contributed by atoms with Crippen molar-refractivity contribution in [2.24, 2.45) is 5.92 Å². The number of rotatable bonds is 7. The van der Waals surface area contributed by atoms with Gasteiger partial charge in [0.25, 0.3) is 10.1 Å². The minimum Gasteiger partial charge on any atom is -0.396 e. The average Bonchev–Trinajstić information content (AvgIpc) is 2.45. The van der Waals surface area contributed by atoms with Crippen molar-refractivity contribution in [2.75, 3.05) is 20.8 Å². The summed E-state index contributed by atoms with van der Waals surface area (Å²) < 4.78 is 39.6. The summed E-state index contributed by atoms with van der Waals surface area (Å²) in [5, 5.41) is 8.61. The van der Waals surface area contributed by atoms with E-state index in [0.717, 1.165) is 18.4 Å². The number of methoxy groups -OCH3 is 2. The Bertz CT molecular complexity index is 493. The third-order valence-corrected chi connectivity index (χ3v) is 3.93. The van der Waals surface area contributed by atoms with Crippen molar-refractivity contribution in [3.8, 4) is 0 Å². The number of ether oxygens (including phenoxy) is 2. The van der Waals surface area contributed by atoms with Crippen LogP contribution >= 0.6 is 0 Å². The maximum atomic E-state index is 10.5. The van der Waals surface area contributed by atoms with E-state index in [-0.39, 0.29) is 17.8 Å². The van der Waals surface area contributed by atoms with E-state index in [2.05, 4.69) is 6.92 Å². The van der Waals surface area contributed by atoms with Gasteiger partial charge in [0.2, 0.25) is 0 Å². The van der Waals surface area contributed by atoms with Crippen LogP contribution < -0.4 is 0 Å². The monoisotopic (exact) mass is 334 g/mol. The van der Waals surface area contributed by atoms with Gasteiger partial charge < -0.3 is 14.6 Å². The van der Waals surface area contributed by atoms with E-state index in [1.165, 1.54) is 12.1 Å². The van der Waals surface area contributed by atoms with E-state index in [0.29, 0.717) is 5.92 Å². The topological polar surface area (TPSA) is 93.1 Å². The van der Waals surface area contributed by atoms with E-state index < -0.39 is 10.1 Å². The first-order valence-electron chi connectivity index (χ1n) is 6.95.